The van der Waals surface area contributed by atoms with Crippen LogP contribution in [0.5, 0.6) is 0 Å². The number of tetrazole rings is 1. The summed E-state index contributed by atoms with van der Waals surface area (Å²) in [5.74, 6) is 0. The Balaban J connectivity index is 1.99. The van der Waals surface area contributed by atoms with Crippen molar-refractivity contribution in [1.29, 1.82) is 0 Å². The van der Waals surface area contributed by atoms with Gasteiger partial charge in [0.2, 0.25) is 0 Å². The van der Waals surface area contributed by atoms with Crippen molar-refractivity contribution in [3.8, 4) is 5.69 Å². The Morgan fingerprint density at radius 3 is 2.65 bits per heavy atom. The summed E-state index contributed by atoms with van der Waals surface area (Å²) in [6.07, 6.45) is 1.45. The number of nitrogens with one attached hydrogen (secondary N) is 1. The van der Waals surface area contributed by atoms with Gasteiger partial charge >= 0.3 is 0 Å². The molecule has 0 spiro atoms. The van der Waals surface area contributed by atoms with Crippen LogP contribution < -0.4 is 4.72 Å². The molecule has 23 heavy (non-hydrogen) atoms. The molecule has 9 heteroatoms. The van der Waals surface area contributed by atoms with Crippen LogP contribution in [0.4, 0.5) is 5.69 Å². The fourth-order valence-electron chi connectivity index (χ4n) is 2.09. The van der Waals surface area contributed by atoms with E-state index < -0.39 is 10.0 Å². The Morgan fingerprint density at radius 2 is 1.96 bits per heavy atom. The first-order valence-corrected chi connectivity index (χ1v) is 8.86. The van der Waals surface area contributed by atoms with E-state index in [4.69, 9.17) is 0 Å². The zero-order valence-electron chi connectivity index (χ0n) is 12.0. The van der Waals surface area contributed by atoms with Crippen LogP contribution in [-0.2, 0) is 10.0 Å². The first-order valence-electron chi connectivity index (χ1n) is 6.59. The van der Waals surface area contributed by atoms with Gasteiger partial charge in [-0.15, -0.1) is 5.10 Å². The van der Waals surface area contributed by atoms with Crippen LogP contribution in [-0.4, -0.2) is 28.6 Å². The molecule has 3 rings (SSSR count). The van der Waals surface area contributed by atoms with Crippen molar-refractivity contribution in [2.75, 3.05) is 4.72 Å². The Labute approximate surface area is 141 Å². The van der Waals surface area contributed by atoms with Crippen molar-refractivity contribution in [2.45, 2.75) is 11.8 Å². The Hall–Kier alpha value is -2.26. The van der Waals surface area contributed by atoms with Gasteiger partial charge in [-0.1, -0.05) is 28.1 Å². The molecule has 3 aromatic rings. The van der Waals surface area contributed by atoms with Crippen LogP contribution in [0.25, 0.3) is 5.69 Å². The third kappa shape index (κ3) is 3.25. The Kier molecular flexibility index (Phi) is 4.14. The lowest BCUT2D eigenvalue weighted by Crippen LogP contribution is -2.14. The summed E-state index contributed by atoms with van der Waals surface area (Å²) in [6.45, 7) is 1.80. The molecule has 0 bridgehead atoms. The second-order valence-electron chi connectivity index (χ2n) is 4.77. The Morgan fingerprint density at radius 1 is 1.17 bits per heavy atom. The lowest BCUT2D eigenvalue weighted by Gasteiger charge is -2.13. The molecule has 0 saturated heterocycles. The van der Waals surface area contributed by atoms with Gasteiger partial charge in [0.25, 0.3) is 10.0 Å². The summed E-state index contributed by atoms with van der Waals surface area (Å²) in [5, 5.41) is 11.0. The molecule has 0 fully saturated rings. The first-order chi connectivity index (χ1) is 11.0. The molecule has 1 N–H and O–H groups in total. The van der Waals surface area contributed by atoms with Gasteiger partial charge in [-0.05, 0) is 53.2 Å². The number of aromatic nitrogens is 4. The van der Waals surface area contributed by atoms with E-state index in [9.17, 15) is 8.42 Å². The normalized spacial score (nSPS) is 11.4. The number of nitrogens with zero attached hydrogens (tertiary/aromatic N) is 4. The van der Waals surface area contributed by atoms with Crippen molar-refractivity contribution in [3.63, 3.8) is 0 Å². The van der Waals surface area contributed by atoms with Crippen LogP contribution in [0, 0.1) is 6.92 Å². The predicted molar refractivity (Wildman–Crippen MR) is 88.8 cm³/mol. The second-order valence-corrected chi connectivity index (χ2v) is 7.37. The van der Waals surface area contributed by atoms with Gasteiger partial charge < -0.3 is 0 Å². The highest BCUT2D eigenvalue weighted by Crippen LogP contribution is 2.25. The summed E-state index contributed by atoms with van der Waals surface area (Å²) in [5.41, 5.74) is 1.89. The molecule has 0 atom stereocenters. The van der Waals surface area contributed by atoms with Crippen LogP contribution in [0.15, 0.2) is 58.2 Å². The van der Waals surface area contributed by atoms with Crippen LogP contribution >= 0.6 is 15.9 Å². The zero-order valence-corrected chi connectivity index (χ0v) is 14.4. The number of anilines is 1. The third-order valence-electron chi connectivity index (χ3n) is 3.25. The van der Waals surface area contributed by atoms with Crippen LogP contribution in [0.2, 0.25) is 0 Å². The maximum Gasteiger partial charge on any atom is 0.261 e. The van der Waals surface area contributed by atoms with Crippen molar-refractivity contribution in [3.05, 3.63) is 58.8 Å². The summed E-state index contributed by atoms with van der Waals surface area (Å²) >= 11 is 3.27. The number of sulfonamides is 1. The van der Waals surface area contributed by atoms with E-state index in [1.165, 1.54) is 17.1 Å². The SMILES string of the molecule is Cc1c(NS(=O)(=O)c2cccc(Br)c2)cccc1-n1cnnn1. The van der Waals surface area contributed by atoms with Gasteiger partial charge in [0.05, 0.1) is 16.3 Å². The van der Waals surface area contributed by atoms with Gasteiger partial charge in [0, 0.05) is 4.47 Å². The highest BCUT2D eigenvalue weighted by molar-refractivity contribution is 9.10. The molecule has 118 valence electrons. The van der Waals surface area contributed by atoms with E-state index in [2.05, 4.69) is 36.2 Å². The smallest absolute Gasteiger partial charge is 0.261 e. The second kappa shape index (κ2) is 6.09. The minimum atomic E-state index is -3.68. The molecule has 0 aliphatic heterocycles. The largest absolute Gasteiger partial charge is 0.279 e. The molecule has 0 aliphatic carbocycles. The lowest BCUT2D eigenvalue weighted by atomic mass is 10.1. The van der Waals surface area contributed by atoms with Crippen LogP contribution in [0.3, 0.4) is 0 Å². The highest BCUT2D eigenvalue weighted by Gasteiger charge is 2.17. The molecule has 0 unspecified atom stereocenters. The van der Waals surface area contributed by atoms with E-state index in [1.54, 1.807) is 37.3 Å². The average Bonchev–Trinajstić information content (AvgIpc) is 3.03. The maximum atomic E-state index is 12.5. The fraction of sp³-hybridized carbons (Fsp3) is 0.0714. The number of benzene rings is 2. The lowest BCUT2D eigenvalue weighted by molar-refractivity contribution is 0.601. The fourth-order valence-corrected chi connectivity index (χ4v) is 3.81. The number of halogens is 1. The summed E-state index contributed by atoms with van der Waals surface area (Å²) in [7, 11) is -3.68. The molecule has 0 radical (unpaired) electrons. The molecule has 2 aromatic carbocycles. The molecular formula is C14H12BrN5O2S. The minimum Gasteiger partial charge on any atom is -0.279 e. The van der Waals surface area contributed by atoms with Gasteiger partial charge in [0.1, 0.15) is 6.33 Å². The first kappa shape index (κ1) is 15.6. The van der Waals surface area contributed by atoms with E-state index in [1.807, 2.05) is 6.07 Å². The van der Waals surface area contributed by atoms with Gasteiger partial charge in [-0.2, -0.15) is 0 Å². The van der Waals surface area contributed by atoms with E-state index in [0.717, 1.165) is 5.56 Å². The topological polar surface area (TPSA) is 89.8 Å². The Bertz CT molecular complexity index is 942. The highest BCUT2D eigenvalue weighted by atomic mass is 79.9. The van der Waals surface area contributed by atoms with Crippen molar-refractivity contribution in [2.24, 2.45) is 0 Å². The molecule has 7 nitrogen and oxygen atoms in total. The number of hydrogen-bond donors (Lipinski definition) is 1. The minimum absolute atomic E-state index is 0.180. The van der Waals surface area contributed by atoms with Gasteiger partial charge in [0.15, 0.2) is 0 Å². The zero-order chi connectivity index (χ0) is 16.4. The standard InChI is InChI=1S/C14H12BrN5O2S/c1-10-13(6-3-7-14(10)20-9-16-18-19-20)17-23(21,22)12-5-2-4-11(15)8-12/h2-9,17H,1H3. The van der Waals surface area contributed by atoms with Gasteiger partial charge in [-0.25, -0.2) is 13.1 Å². The molecular weight excluding hydrogens is 382 g/mol. The molecule has 1 aromatic heterocycles. The predicted octanol–water partition coefficient (Wildman–Crippen LogP) is 2.53. The van der Waals surface area contributed by atoms with E-state index >= 15 is 0 Å². The number of hydrogen-bond acceptors (Lipinski definition) is 5. The quantitative estimate of drug-likeness (QED) is 0.735. The number of rotatable bonds is 4. The van der Waals surface area contributed by atoms with Crippen molar-refractivity contribution in [1.82, 2.24) is 20.2 Å². The van der Waals surface area contributed by atoms with Crippen molar-refractivity contribution >= 4 is 31.6 Å². The van der Waals surface area contributed by atoms with Crippen molar-refractivity contribution < 1.29 is 8.42 Å². The maximum absolute atomic E-state index is 12.5. The third-order valence-corrected chi connectivity index (χ3v) is 5.11. The monoisotopic (exact) mass is 393 g/mol. The van der Waals surface area contributed by atoms with E-state index in [-0.39, 0.29) is 4.90 Å². The summed E-state index contributed by atoms with van der Waals surface area (Å²) < 4.78 is 29.8. The summed E-state index contributed by atoms with van der Waals surface area (Å²) in [4.78, 5) is 0.180. The molecule has 0 saturated carbocycles. The molecule has 0 amide bonds. The molecule has 1 heterocycles. The summed E-state index contributed by atoms with van der Waals surface area (Å²) in [6, 6.07) is 11.8. The van der Waals surface area contributed by atoms with Gasteiger partial charge in [-0.3, -0.25) is 4.72 Å². The van der Waals surface area contributed by atoms with Crippen LogP contribution in [0.1, 0.15) is 5.56 Å². The average molecular weight is 394 g/mol. The van der Waals surface area contributed by atoms with E-state index in [0.29, 0.717) is 15.8 Å². The molecule has 0 aliphatic rings.